The van der Waals surface area contributed by atoms with E-state index in [1.54, 1.807) is 72.9 Å². The van der Waals surface area contributed by atoms with Crippen molar-refractivity contribution in [2.45, 2.75) is 6.54 Å². The van der Waals surface area contributed by atoms with Crippen molar-refractivity contribution in [3.8, 4) is 0 Å². The number of anilines is 2. The molecule has 29 heavy (non-hydrogen) atoms. The molecule has 2 aromatic heterocycles. The summed E-state index contributed by atoms with van der Waals surface area (Å²) in [6.07, 6.45) is 1.64. The van der Waals surface area contributed by atoms with E-state index in [2.05, 4.69) is 15.6 Å². The van der Waals surface area contributed by atoms with Gasteiger partial charge in [-0.3, -0.25) is 14.6 Å². The van der Waals surface area contributed by atoms with E-state index in [4.69, 9.17) is 10.2 Å². The number of para-hydroxylation sites is 2. The monoisotopic (exact) mass is 386 g/mol. The molecule has 0 spiro atoms. The molecule has 7 nitrogen and oxygen atoms in total. The first-order valence-electron chi connectivity index (χ1n) is 8.98. The van der Waals surface area contributed by atoms with Gasteiger partial charge in [0.15, 0.2) is 11.3 Å². The van der Waals surface area contributed by atoms with Crippen LogP contribution in [0.2, 0.25) is 0 Å². The maximum Gasteiger partial charge on any atom is 0.287 e. The van der Waals surface area contributed by atoms with E-state index < -0.39 is 0 Å². The van der Waals surface area contributed by atoms with Crippen LogP contribution in [0.25, 0.3) is 11.1 Å². The number of benzene rings is 2. The largest absolute Gasteiger partial charge is 0.449 e. The summed E-state index contributed by atoms with van der Waals surface area (Å²) in [5, 5.41) is 5.57. The smallest absolute Gasteiger partial charge is 0.287 e. The Bertz CT molecular complexity index is 1150. The minimum Gasteiger partial charge on any atom is -0.449 e. The van der Waals surface area contributed by atoms with Crippen LogP contribution < -0.4 is 16.4 Å². The summed E-state index contributed by atoms with van der Waals surface area (Å²) in [5.41, 5.74) is 9.45. The van der Waals surface area contributed by atoms with Crippen molar-refractivity contribution in [3.63, 3.8) is 0 Å². The van der Waals surface area contributed by atoms with Crippen LogP contribution in [0.4, 0.5) is 11.4 Å². The van der Waals surface area contributed by atoms with Crippen molar-refractivity contribution in [1.29, 1.82) is 0 Å². The first-order valence-corrected chi connectivity index (χ1v) is 8.98. The minimum atomic E-state index is -0.329. The predicted octanol–water partition coefficient (Wildman–Crippen LogP) is 3.59. The van der Waals surface area contributed by atoms with Crippen LogP contribution in [-0.2, 0) is 6.54 Å². The van der Waals surface area contributed by atoms with Crippen molar-refractivity contribution in [2.75, 3.05) is 11.1 Å². The van der Waals surface area contributed by atoms with Gasteiger partial charge in [0.1, 0.15) is 5.52 Å². The number of nitrogens with one attached hydrogen (secondary N) is 2. The molecule has 0 radical (unpaired) electrons. The van der Waals surface area contributed by atoms with Gasteiger partial charge in [0, 0.05) is 24.4 Å². The lowest BCUT2D eigenvalue weighted by molar-refractivity contribution is 0.0924. The van der Waals surface area contributed by atoms with Gasteiger partial charge in [-0.2, -0.15) is 0 Å². The molecule has 2 heterocycles. The number of furan rings is 1. The Balaban J connectivity index is 1.37. The van der Waals surface area contributed by atoms with Gasteiger partial charge < -0.3 is 20.8 Å². The van der Waals surface area contributed by atoms with Crippen molar-refractivity contribution >= 4 is 34.3 Å². The molecule has 4 N–H and O–H groups in total. The number of amides is 2. The fourth-order valence-electron chi connectivity index (χ4n) is 2.83. The first-order chi connectivity index (χ1) is 14.1. The molecule has 0 aliphatic carbocycles. The highest BCUT2D eigenvalue weighted by Crippen LogP contribution is 2.18. The number of nitrogens with zero attached hydrogens (tertiary/aromatic N) is 1. The van der Waals surface area contributed by atoms with Gasteiger partial charge in [-0.05, 0) is 42.0 Å². The number of nitrogen functional groups attached to an aromatic ring is 1. The second kappa shape index (κ2) is 7.85. The van der Waals surface area contributed by atoms with Gasteiger partial charge >= 0.3 is 0 Å². The van der Waals surface area contributed by atoms with Crippen LogP contribution in [0.15, 0.2) is 77.3 Å². The predicted molar refractivity (Wildman–Crippen MR) is 110 cm³/mol. The topological polar surface area (TPSA) is 110 Å². The maximum absolute atomic E-state index is 12.4. The molecule has 0 atom stereocenters. The van der Waals surface area contributed by atoms with E-state index in [-0.39, 0.29) is 17.6 Å². The number of hydrogen-bond acceptors (Lipinski definition) is 5. The Kier molecular flexibility index (Phi) is 4.94. The van der Waals surface area contributed by atoms with Crippen LogP contribution in [-0.4, -0.2) is 16.8 Å². The summed E-state index contributed by atoms with van der Waals surface area (Å²) < 4.78 is 5.50. The number of pyridine rings is 1. The summed E-state index contributed by atoms with van der Waals surface area (Å²) in [7, 11) is 0. The van der Waals surface area contributed by atoms with Crippen LogP contribution in [0.3, 0.4) is 0 Å². The molecule has 4 rings (SSSR count). The molecular weight excluding hydrogens is 368 g/mol. The standard InChI is InChI=1S/C22H18N4O3/c23-16-4-1-2-5-17(16)26-21(27)15-9-7-14(8-10-15)13-25-22(28)20-12-18-19(29-20)6-3-11-24-18/h1-12H,13,23H2,(H,25,28)(H,26,27). The normalized spacial score (nSPS) is 10.6. The maximum atomic E-state index is 12.4. The average Bonchev–Trinajstić information content (AvgIpc) is 3.18. The number of rotatable bonds is 5. The highest BCUT2D eigenvalue weighted by atomic mass is 16.3. The SMILES string of the molecule is Nc1ccccc1NC(=O)c1ccc(CNC(=O)c2cc3ncccc3o2)cc1. The molecule has 0 bridgehead atoms. The van der Waals surface area contributed by atoms with Crippen LogP contribution >= 0.6 is 0 Å². The third-order valence-corrected chi connectivity index (χ3v) is 4.39. The molecule has 0 saturated carbocycles. The van der Waals surface area contributed by atoms with Crippen LogP contribution in [0.5, 0.6) is 0 Å². The molecule has 4 aromatic rings. The minimum absolute atomic E-state index is 0.204. The van der Waals surface area contributed by atoms with E-state index in [0.29, 0.717) is 34.6 Å². The van der Waals surface area contributed by atoms with E-state index in [0.717, 1.165) is 5.56 Å². The Morgan fingerprint density at radius 2 is 1.76 bits per heavy atom. The van der Waals surface area contributed by atoms with E-state index in [9.17, 15) is 9.59 Å². The van der Waals surface area contributed by atoms with E-state index in [1.807, 2.05) is 0 Å². The molecule has 0 saturated heterocycles. The van der Waals surface area contributed by atoms with Gasteiger partial charge in [0.2, 0.25) is 0 Å². The lowest BCUT2D eigenvalue weighted by Gasteiger charge is -2.09. The number of carbonyl (C=O) groups is 2. The number of nitrogens with two attached hydrogens (primary N) is 1. The Hall–Kier alpha value is -4.13. The van der Waals surface area contributed by atoms with Gasteiger partial charge in [0.25, 0.3) is 11.8 Å². The van der Waals surface area contributed by atoms with Crippen molar-refractivity contribution < 1.29 is 14.0 Å². The summed E-state index contributed by atoms with van der Waals surface area (Å²) in [6, 6.07) is 19.1. The third kappa shape index (κ3) is 4.08. The number of fused-ring (bicyclic) bond motifs is 1. The number of hydrogen-bond donors (Lipinski definition) is 3. The van der Waals surface area contributed by atoms with Gasteiger partial charge in [-0.1, -0.05) is 24.3 Å². The molecular formula is C22H18N4O3. The summed E-state index contributed by atoms with van der Waals surface area (Å²) in [4.78, 5) is 28.8. The van der Waals surface area contributed by atoms with Gasteiger partial charge in [-0.15, -0.1) is 0 Å². The summed E-state index contributed by atoms with van der Waals surface area (Å²) in [5.74, 6) is -0.382. The van der Waals surface area contributed by atoms with Crippen LogP contribution in [0, 0.1) is 0 Å². The molecule has 2 aromatic carbocycles. The Morgan fingerprint density at radius 1 is 0.966 bits per heavy atom. The van der Waals surface area contributed by atoms with Crippen molar-refractivity contribution in [3.05, 3.63) is 89.8 Å². The van der Waals surface area contributed by atoms with Crippen molar-refractivity contribution in [1.82, 2.24) is 10.3 Å². The highest BCUT2D eigenvalue weighted by molar-refractivity contribution is 6.05. The first kappa shape index (κ1) is 18.2. The van der Waals surface area contributed by atoms with Gasteiger partial charge in [0.05, 0.1) is 11.4 Å². The molecule has 0 fully saturated rings. The second-order valence-electron chi connectivity index (χ2n) is 6.42. The quantitative estimate of drug-likeness (QED) is 0.454. The molecule has 144 valence electrons. The molecule has 2 amide bonds. The highest BCUT2D eigenvalue weighted by Gasteiger charge is 2.13. The fourth-order valence-corrected chi connectivity index (χ4v) is 2.83. The van der Waals surface area contributed by atoms with E-state index in [1.165, 1.54) is 0 Å². The lowest BCUT2D eigenvalue weighted by Crippen LogP contribution is -2.22. The Morgan fingerprint density at radius 3 is 2.52 bits per heavy atom. The van der Waals surface area contributed by atoms with Gasteiger partial charge in [-0.25, -0.2) is 0 Å². The number of aromatic nitrogens is 1. The van der Waals surface area contributed by atoms with E-state index >= 15 is 0 Å². The summed E-state index contributed by atoms with van der Waals surface area (Å²) in [6.45, 7) is 0.302. The molecule has 0 aliphatic rings. The second-order valence-corrected chi connectivity index (χ2v) is 6.42. The molecule has 7 heteroatoms. The lowest BCUT2D eigenvalue weighted by atomic mass is 10.1. The molecule has 0 unspecified atom stereocenters. The zero-order chi connectivity index (χ0) is 20.2. The third-order valence-electron chi connectivity index (χ3n) is 4.39. The molecule has 0 aliphatic heterocycles. The fraction of sp³-hybridized carbons (Fsp3) is 0.0455. The van der Waals surface area contributed by atoms with Crippen LogP contribution in [0.1, 0.15) is 26.5 Å². The van der Waals surface area contributed by atoms with Crippen molar-refractivity contribution in [2.24, 2.45) is 0 Å². The Labute approximate surface area is 166 Å². The zero-order valence-electron chi connectivity index (χ0n) is 15.4. The zero-order valence-corrected chi connectivity index (χ0v) is 15.4. The number of carbonyl (C=O) groups excluding carboxylic acids is 2. The summed E-state index contributed by atoms with van der Waals surface area (Å²) >= 11 is 0. The average molecular weight is 386 g/mol.